The lowest BCUT2D eigenvalue weighted by Crippen LogP contribution is -2.18. The van der Waals surface area contributed by atoms with Gasteiger partial charge in [0.1, 0.15) is 0 Å². The van der Waals surface area contributed by atoms with Crippen molar-refractivity contribution in [2.24, 2.45) is 0 Å². The zero-order valence-corrected chi connectivity index (χ0v) is 15.1. The number of ether oxygens (including phenoxy) is 2. The lowest BCUT2D eigenvalue weighted by Gasteiger charge is -2.09. The van der Waals surface area contributed by atoms with Crippen LogP contribution in [-0.2, 0) is 16.1 Å². The first-order valence-corrected chi connectivity index (χ1v) is 8.47. The molecule has 0 N–H and O–H groups in total. The number of hydrogen-bond acceptors (Lipinski definition) is 6. The number of benzene rings is 2. The molecular weight excluding hydrogens is 367 g/mol. The van der Waals surface area contributed by atoms with Gasteiger partial charge in [-0.1, -0.05) is 12.1 Å². The summed E-state index contributed by atoms with van der Waals surface area (Å²) in [6, 6.07) is 10.7. The minimum absolute atomic E-state index is 0.0226. The molecule has 0 aliphatic rings. The molecule has 3 rings (SSSR count). The van der Waals surface area contributed by atoms with E-state index in [1.165, 1.54) is 30.1 Å². The van der Waals surface area contributed by atoms with Gasteiger partial charge in [0.05, 0.1) is 31.8 Å². The summed E-state index contributed by atoms with van der Waals surface area (Å²) in [6.45, 7) is -0.312. The number of carbonyl (C=O) groups is 2. The summed E-state index contributed by atoms with van der Waals surface area (Å²) in [7, 11) is 1.32. The monoisotopic (exact) mass is 384 g/mol. The Balaban J connectivity index is 1.58. The van der Waals surface area contributed by atoms with Crippen molar-refractivity contribution in [1.29, 1.82) is 0 Å². The van der Waals surface area contributed by atoms with Crippen LogP contribution in [0.2, 0.25) is 0 Å². The topological polar surface area (TPSA) is 87.5 Å². The van der Waals surface area contributed by atoms with E-state index in [0.29, 0.717) is 10.9 Å². The smallest absolute Gasteiger partial charge is 0.308 e. The van der Waals surface area contributed by atoms with E-state index in [4.69, 9.17) is 9.47 Å². The number of methoxy groups -OCH3 is 1. The van der Waals surface area contributed by atoms with Gasteiger partial charge in [-0.05, 0) is 30.3 Å². The van der Waals surface area contributed by atoms with Gasteiger partial charge in [0.15, 0.2) is 24.0 Å². The molecule has 0 radical (unpaired) electrons. The van der Waals surface area contributed by atoms with Crippen LogP contribution in [0.25, 0.3) is 10.9 Å². The number of Topliss-reactive ketones (excluding diaryl/α,β-unsaturated/α-hetero) is 1. The first-order valence-electron chi connectivity index (χ1n) is 8.47. The van der Waals surface area contributed by atoms with Crippen LogP contribution in [0.3, 0.4) is 0 Å². The highest BCUT2D eigenvalue weighted by molar-refractivity contribution is 5.98. The summed E-state index contributed by atoms with van der Waals surface area (Å²) in [5.74, 6) is -1.78. The van der Waals surface area contributed by atoms with Crippen molar-refractivity contribution in [3.8, 4) is 5.75 Å². The number of hydrogen-bond donors (Lipinski definition) is 0. The number of aromatic nitrogens is 2. The molecule has 0 bridgehead atoms. The number of ketones is 1. The Bertz CT molecular complexity index is 1090. The minimum Gasteiger partial charge on any atom is -0.494 e. The largest absolute Gasteiger partial charge is 0.494 e. The summed E-state index contributed by atoms with van der Waals surface area (Å²) in [4.78, 5) is 35.8. The van der Waals surface area contributed by atoms with Gasteiger partial charge in [0, 0.05) is 10.9 Å². The maximum absolute atomic E-state index is 13.7. The van der Waals surface area contributed by atoms with E-state index < -0.39 is 24.2 Å². The summed E-state index contributed by atoms with van der Waals surface area (Å²) < 4.78 is 24.9. The van der Waals surface area contributed by atoms with E-state index >= 15 is 0 Å². The highest BCUT2D eigenvalue weighted by Gasteiger charge is 2.13. The molecule has 0 spiro atoms. The molecule has 0 saturated carbocycles. The Labute approximate surface area is 159 Å². The molecule has 0 amide bonds. The SMILES string of the molecule is COc1ccc(C(=O)COC(=O)CCn2ncc(=O)c3ccccc32)cc1F. The Morgan fingerprint density at radius 1 is 1.18 bits per heavy atom. The highest BCUT2D eigenvalue weighted by Crippen LogP contribution is 2.18. The molecule has 8 heteroatoms. The Kier molecular flexibility index (Phi) is 5.78. The average Bonchev–Trinajstić information content (AvgIpc) is 2.71. The van der Waals surface area contributed by atoms with Crippen LogP contribution in [0, 0.1) is 5.82 Å². The van der Waals surface area contributed by atoms with Crippen LogP contribution < -0.4 is 10.2 Å². The van der Waals surface area contributed by atoms with Crippen molar-refractivity contribution in [2.75, 3.05) is 13.7 Å². The molecule has 0 unspecified atom stereocenters. The van der Waals surface area contributed by atoms with Crippen LogP contribution in [0.1, 0.15) is 16.8 Å². The van der Waals surface area contributed by atoms with Crippen molar-refractivity contribution in [3.63, 3.8) is 0 Å². The second kappa shape index (κ2) is 8.43. The first kappa shape index (κ1) is 19.2. The number of fused-ring (bicyclic) bond motifs is 1. The van der Waals surface area contributed by atoms with E-state index in [0.717, 1.165) is 6.07 Å². The molecule has 0 aliphatic heterocycles. The minimum atomic E-state index is -0.671. The number of nitrogens with zero attached hydrogens (tertiary/aromatic N) is 2. The van der Waals surface area contributed by atoms with Gasteiger partial charge in [0.2, 0.25) is 5.43 Å². The maximum atomic E-state index is 13.7. The average molecular weight is 384 g/mol. The molecular formula is C20H17FN2O5. The Morgan fingerprint density at radius 2 is 1.96 bits per heavy atom. The standard InChI is InChI=1S/C20H17FN2O5/c1-27-19-7-6-13(10-15(19)21)18(25)12-28-20(26)8-9-23-16-5-3-2-4-14(16)17(24)11-22-23/h2-7,10-11H,8-9,12H2,1H3. The molecule has 2 aromatic carbocycles. The predicted octanol–water partition coefficient (Wildman–Crippen LogP) is 2.36. The van der Waals surface area contributed by atoms with Gasteiger partial charge < -0.3 is 9.47 Å². The predicted molar refractivity (Wildman–Crippen MR) is 98.9 cm³/mol. The molecule has 1 aromatic heterocycles. The number of rotatable bonds is 7. The van der Waals surface area contributed by atoms with Crippen molar-refractivity contribution >= 4 is 22.7 Å². The van der Waals surface area contributed by atoms with Crippen molar-refractivity contribution in [1.82, 2.24) is 9.78 Å². The third-order valence-electron chi connectivity index (χ3n) is 4.13. The van der Waals surface area contributed by atoms with Gasteiger partial charge in [-0.3, -0.25) is 19.1 Å². The van der Waals surface area contributed by atoms with Crippen LogP contribution in [0.5, 0.6) is 5.75 Å². The van der Waals surface area contributed by atoms with Crippen LogP contribution in [0.15, 0.2) is 53.5 Å². The van der Waals surface area contributed by atoms with Gasteiger partial charge in [0.25, 0.3) is 0 Å². The van der Waals surface area contributed by atoms with E-state index in [2.05, 4.69) is 5.10 Å². The van der Waals surface area contributed by atoms with E-state index in [1.54, 1.807) is 24.3 Å². The Hall–Kier alpha value is -3.55. The maximum Gasteiger partial charge on any atom is 0.308 e. The third kappa shape index (κ3) is 4.22. The summed E-state index contributed by atoms with van der Waals surface area (Å²) in [5, 5.41) is 4.53. The van der Waals surface area contributed by atoms with Crippen LogP contribution >= 0.6 is 0 Å². The lowest BCUT2D eigenvalue weighted by atomic mass is 10.1. The van der Waals surface area contributed by atoms with Crippen molar-refractivity contribution in [2.45, 2.75) is 13.0 Å². The van der Waals surface area contributed by atoms with Gasteiger partial charge >= 0.3 is 5.97 Å². The molecule has 0 atom stereocenters. The van der Waals surface area contributed by atoms with Crippen LogP contribution in [0.4, 0.5) is 4.39 Å². The highest BCUT2D eigenvalue weighted by atomic mass is 19.1. The molecule has 3 aromatic rings. The molecule has 0 saturated heterocycles. The Morgan fingerprint density at radius 3 is 2.71 bits per heavy atom. The fourth-order valence-electron chi connectivity index (χ4n) is 2.68. The number of esters is 1. The first-order chi connectivity index (χ1) is 13.5. The molecule has 28 heavy (non-hydrogen) atoms. The third-order valence-corrected chi connectivity index (χ3v) is 4.13. The fourth-order valence-corrected chi connectivity index (χ4v) is 2.68. The van der Waals surface area contributed by atoms with Gasteiger partial charge in [-0.2, -0.15) is 5.10 Å². The molecule has 0 aliphatic carbocycles. The second-order valence-corrected chi connectivity index (χ2v) is 5.93. The summed E-state index contributed by atoms with van der Waals surface area (Å²) >= 11 is 0. The van der Waals surface area contributed by atoms with E-state index in [9.17, 15) is 18.8 Å². The molecule has 7 nitrogen and oxygen atoms in total. The molecule has 0 fully saturated rings. The molecule has 1 heterocycles. The van der Waals surface area contributed by atoms with Crippen molar-refractivity contribution in [3.05, 3.63) is 70.3 Å². The quantitative estimate of drug-likeness (QED) is 0.459. The fraction of sp³-hybridized carbons (Fsp3) is 0.200. The number of para-hydroxylation sites is 1. The van der Waals surface area contributed by atoms with Crippen molar-refractivity contribution < 1.29 is 23.5 Å². The normalized spacial score (nSPS) is 10.6. The summed E-state index contributed by atoms with van der Waals surface area (Å²) in [5.41, 5.74) is 0.485. The van der Waals surface area contributed by atoms with Crippen LogP contribution in [-0.4, -0.2) is 35.2 Å². The van der Waals surface area contributed by atoms with E-state index in [1.807, 2.05) is 0 Å². The number of halogens is 1. The second-order valence-electron chi connectivity index (χ2n) is 5.93. The zero-order chi connectivity index (χ0) is 20.1. The molecule has 144 valence electrons. The summed E-state index contributed by atoms with van der Waals surface area (Å²) in [6.07, 6.45) is 1.15. The van der Waals surface area contributed by atoms with E-state index in [-0.39, 0.29) is 29.7 Å². The van der Waals surface area contributed by atoms with Gasteiger partial charge in [-0.15, -0.1) is 0 Å². The van der Waals surface area contributed by atoms with Gasteiger partial charge in [-0.25, -0.2) is 4.39 Å². The number of aryl methyl sites for hydroxylation is 1. The number of carbonyl (C=O) groups excluding carboxylic acids is 2. The lowest BCUT2D eigenvalue weighted by molar-refractivity contribution is -0.142. The zero-order valence-electron chi connectivity index (χ0n) is 15.1.